The maximum Gasteiger partial charge on any atom is 0.336 e. The van der Waals surface area contributed by atoms with Gasteiger partial charge in [-0.05, 0) is 24.6 Å². The van der Waals surface area contributed by atoms with E-state index in [1.807, 2.05) is 5.32 Å². The van der Waals surface area contributed by atoms with Crippen LogP contribution in [0.2, 0.25) is 5.02 Å². The van der Waals surface area contributed by atoms with Crippen LogP contribution in [0.15, 0.2) is 18.2 Å². The summed E-state index contributed by atoms with van der Waals surface area (Å²) in [6, 6.07) is 4.10. The molecule has 0 spiro atoms. The number of hydrogen-bond acceptors (Lipinski definition) is 3. The van der Waals surface area contributed by atoms with Crippen LogP contribution in [0.5, 0.6) is 0 Å². The van der Waals surface area contributed by atoms with Gasteiger partial charge in [0.05, 0.1) is 10.7 Å². The number of aryl methyl sites for hydroxylation is 1. The van der Waals surface area contributed by atoms with Crippen LogP contribution in [-0.4, -0.2) is 17.8 Å². The molecule has 4 amide bonds. The molecule has 1 aromatic rings. The van der Waals surface area contributed by atoms with Crippen molar-refractivity contribution in [1.29, 1.82) is 0 Å². The summed E-state index contributed by atoms with van der Waals surface area (Å²) in [6.45, 7) is 1.79. The second-order valence-electron chi connectivity index (χ2n) is 3.35. The summed E-state index contributed by atoms with van der Waals surface area (Å²) in [5, 5.41) is 2.14. The molecule has 1 aliphatic heterocycles. The number of nitrogens with one attached hydrogen (secondary N) is 1. The van der Waals surface area contributed by atoms with E-state index in [1.165, 1.54) is 0 Å². The van der Waals surface area contributed by atoms with E-state index in [2.05, 4.69) is 0 Å². The van der Waals surface area contributed by atoms with E-state index in [0.717, 1.165) is 10.5 Å². The third-order valence-electron chi connectivity index (χ3n) is 2.16. The number of carbonyl (C=O) groups is 3. The molecule has 0 unspecified atom stereocenters. The standard InChI is InChI=1S/C10H7ClN2O3/c1-5-2-3-6(11)7(4-5)13-9(15)8(14)12-10(13)16/h2-4H,1H3,(H,12,14,16). The zero-order valence-corrected chi connectivity index (χ0v) is 9.04. The van der Waals surface area contributed by atoms with Gasteiger partial charge in [-0.15, -0.1) is 0 Å². The number of hydrogen-bond donors (Lipinski definition) is 1. The number of urea groups is 1. The summed E-state index contributed by atoms with van der Waals surface area (Å²) < 4.78 is 0. The Balaban J connectivity index is 2.52. The van der Waals surface area contributed by atoms with E-state index in [4.69, 9.17) is 11.6 Å². The molecule has 2 rings (SSSR count). The third-order valence-corrected chi connectivity index (χ3v) is 2.48. The first-order valence-corrected chi connectivity index (χ1v) is 4.84. The lowest BCUT2D eigenvalue weighted by atomic mass is 10.2. The van der Waals surface area contributed by atoms with Gasteiger partial charge in [0.2, 0.25) is 0 Å². The summed E-state index contributed by atoms with van der Waals surface area (Å²) in [4.78, 5) is 34.5. The topological polar surface area (TPSA) is 66.5 Å². The largest absolute Gasteiger partial charge is 0.336 e. The fourth-order valence-corrected chi connectivity index (χ4v) is 1.62. The van der Waals surface area contributed by atoms with Crippen LogP contribution in [0, 0.1) is 6.92 Å². The lowest BCUT2D eigenvalue weighted by molar-refractivity contribution is -0.134. The van der Waals surface area contributed by atoms with Crippen LogP contribution < -0.4 is 10.2 Å². The molecular formula is C10H7ClN2O3. The average Bonchev–Trinajstić information content (AvgIpc) is 2.46. The summed E-state index contributed by atoms with van der Waals surface area (Å²) in [5.41, 5.74) is 1.05. The van der Waals surface area contributed by atoms with E-state index in [0.29, 0.717) is 0 Å². The molecule has 0 aromatic heterocycles. The molecule has 0 bridgehead atoms. The summed E-state index contributed by atoms with van der Waals surface area (Å²) >= 11 is 5.87. The lowest BCUT2D eigenvalue weighted by Gasteiger charge is -2.13. The smallest absolute Gasteiger partial charge is 0.269 e. The predicted molar refractivity (Wildman–Crippen MR) is 57.2 cm³/mol. The second-order valence-corrected chi connectivity index (χ2v) is 3.76. The number of benzene rings is 1. The van der Waals surface area contributed by atoms with E-state index < -0.39 is 17.8 Å². The third kappa shape index (κ3) is 1.55. The van der Waals surface area contributed by atoms with Crippen molar-refractivity contribution in [1.82, 2.24) is 5.32 Å². The molecule has 1 saturated heterocycles. The normalized spacial score (nSPS) is 15.6. The average molecular weight is 239 g/mol. The van der Waals surface area contributed by atoms with Gasteiger partial charge in [-0.25, -0.2) is 9.69 Å². The van der Waals surface area contributed by atoms with Crippen molar-refractivity contribution in [2.75, 3.05) is 4.90 Å². The van der Waals surface area contributed by atoms with Crippen molar-refractivity contribution in [2.45, 2.75) is 6.92 Å². The Morgan fingerprint density at radius 2 is 1.94 bits per heavy atom. The van der Waals surface area contributed by atoms with Gasteiger partial charge in [0, 0.05) is 0 Å². The van der Waals surface area contributed by atoms with Crippen molar-refractivity contribution in [3.8, 4) is 0 Å². The highest BCUT2D eigenvalue weighted by Crippen LogP contribution is 2.28. The van der Waals surface area contributed by atoms with Crippen LogP contribution in [-0.2, 0) is 9.59 Å². The molecule has 0 radical (unpaired) electrons. The van der Waals surface area contributed by atoms with Gasteiger partial charge in [0.1, 0.15) is 0 Å². The Kier molecular flexibility index (Phi) is 2.40. The number of nitrogens with zero attached hydrogens (tertiary/aromatic N) is 1. The van der Waals surface area contributed by atoms with Crippen LogP contribution in [0.1, 0.15) is 5.56 Å². The minimum atomic E-state index is -0.942. The van der Waals surface area contributed by atoms with Crippen LogP contribution >= 0.6 is 11.6 Å². The first kappa shape index (κ1) is 10.6. The number of halogens is 1. The highest BCUT2D eigenvalue weighted by atomic mass is 35.5. The zero-order valence-electron chi connectivity index (χ0n) is 8.28. The highest BCUT2D eigenvalue weighted by Gasteiger charge is 2.38. The van der Waals surface area contributed by atoms with Gasteiger partial charge in [0.25, 0.3) is 0 Å². The lowest BCUT2D eigenvalue weighted by Crippen LogP contribution is -2.31. The molecule has 1 fully saturated rings. The minimum Gasteiger partial charge on any atom is -0.269 e. The molecule has 16 heavy (non-hydrogen) atoms. The van der Waals surface area contributed by atoms with Gasteiger partial charge in [0.15, 0.2) is 0 Å². The number of carbonyl (C=O) groups excluding carboxylic acids is 3. The van der Waals surface area contributed by atoms with Gasteiger partial charge < -0.3 is 0 Å². The van der Waals surface area contributed by atoms with Crippen LogP contribution in [0.25, 0.3) is 0 Å². The first-order valence-electron chi connectivity index (χ1n) is 4.46. The Hall–Kier alpha value is -1.88. The highest BCUT2D eigenvalue weighted by molar-refractivity contribution is 6.53. The molecule has 1 aliphatic rings. The second kappa shape index (κ2) is 3.61. The van der Waals surface area contributed by atoms with Crippen molar-refractivity contribution < 1.29 is 14.4 Å². The Morgan fingerprint density at radius 1 is 1.25 bits per heavy atom. The summed E-state index contributed by atoms with van der Waals surface area (Å²) in [7, 11) is 0. The van der Waals surface area contributed by atoms with Gasteiger partial charge >= 0.3 is 17.8 Å². The molecule has 1 N–H and O–H groups in total. The van der Waals surface area contributed by atoms with Crippen molar-refractivity contribution in [3.05, 3.63) is 28.8 Å². The fourth-order valence-electron chi connectivity index (χ4n) is 1.41. The van der Waals surface area contributed by atoms with E-state index >= 15 is 0 Å². The molecule has 6 heteroatoms. The monoisotopic (exact) mass is 238 g/mol. The first-order chi connectivity index (χ1) is 7.50. The van der Waals surface area contributed by atoms with Crippen molar-refractivity contribution in [2.24, 2.45) is 0 Å². The van der Waals surface area contributed by atoms with Crippen LogP contribution in [0.4, 0.5) is 10.5 Å². The number of amides is 4. The molecule has 1 aromatic carbocycles. The molecule has 0 saturated carbocycles. The predicted octanol–water partition coefficient (Wildman–Crippen LogP) is 1.23. The van der Waals surface area contributed by atoms with Crippen molar-refractivity contribution in [3.63, 3.8) is 0 Å². The molecule has 0 aliphatic carbocycles. The van der Waals surface area contributed by atoms with Crippen molar-refractivity contribution >= 4 is 35.1 Å². The SMILES string of the molecule is Cc1ccc(Cl)c(N2C(=O)NC(=O)C2=O)c1. The summed E-state index contributed by atoms with van der Waals surface area (Å²) in [6.07, 6.45) is 0. The molecule has 0 atom stereocenters. The summed E-state index contributed by atoms with van der Waals surface area (Å²) in [5.74, 6) is -1.86. The fraction of sp³-hybridized carbons (Fsp3) is 0.100. The Bertz CT molecular complexity index is 513. The number of anilines is 1. The molecule has 82 valence electrons. The van der Waals surface area contributed by atoms with Gasteiger partial charge in [-0.2, -0.15) is 0 Å². The van der Waals surface area contributed by atoms with E-state index in [1.54, 1.807) is 25.1 Å². The maximum atomic E-state index is 11.4. The Labute approximate surface area is 96.0 Å². The maximum absolute atomic E-state index is 11.4. The quantitative estimate of drug-likeness (QED) is 0.591. The van der Waals surface area contributed by atoms with Gasteiger partial charge in [-0.3, -0.25) is 14.9 Å². The van der Waals surface area contributed by atoms with Crippen LogP contribution in [0.3, 0.4) is 0 Å². The minimum absolute atomic E-state index is 0.218. The molecule has 1 heterocycles. The van der Waals surface area contributed by atoms with E-state index in [9.17, 15) is 14.4 Å². The molecule has 5 nitrogen and oxygen atoms in total. The molecular weight excluding hydrogens is 232 g/mol. The van der Waals surface area contributed by atoms with E-state index in [-0.39, 0.29) is 10.7 Å². The Morgan fingerprint density at radius 3 is 2.50 bits per heavy atom. The zero-order chi connectivity index (χ0) is 11.9. The number of imide groups is 2. The van der Waals surface area contributed by atoms with Gasteiger partial charge in [-0.1, -0.05) is 17.7 Å². The number of rotatable bonds is 1.